The molecule has 118 valence electrons. The maximum absolute atomic E-state index is 11.4. The minimum atomic E-state index is -0.313. The number of hydrogen-bond donors (Lipinski definition) is 1. The van der Waals surface area contributed by atoms with Crippen molar-refractivity contribution in [3.63, 3.8) is 0 Å². The molecular weight excluding hydrogens is 292 g/mol. The van der Waals surface area contributed by atoms with Gasteiger partial charge in [0.2, 0.25) is 0 Å². The number of aryl methyl sites for hydroxylation is 1. The Hall–Kier alpha value is -2.89. The van der Waals surface area contributed by atoms with E-state index < -0.39 is 0 Å². The van der Waals surface area contributed by atoms with Gasteiger partial charge in [-0.1, -0.05) is 17.3 Å². The van der Waals surface area contributed by atoms with Gasteiger partial charge in [0.05, 0.1) is 18.2 Å². The number of esters is 1. The molecule has 3 aromatic rings. The minimum Gasteiger partial charge on any atom is -0.465 e. The monoisotopic (exact) mass is 310 g/mol. The van der Waals surface area contributed by atoms with Crippen LogP contribution in [0.3, 0.4) is 0 Å². The maximum Gasteiger partial charge on any atom is 0.337 e. The number of anilines is 1. The van der Waals surface area contributed by atoms with E-state index in [2.05, 4.69) is 20.4 Å². The Balaban J connectivity index is 1.58. The SMILES string of the molecule is COC(=O)c1ccc(CCNc2ccc3c(c2)nnn3C)cc1. The van der Waals surface area contributed by atoms with Crippen LogP contribution in [0.25, 0.3) is 11.0 Å². The molecule has 6 heteroatoms. The van der Waals surface area contributed by atoms with Gasteiger partial charge in [0.1, 0.15) is 5.52 Å². The minimum absolute atomic E-state index is 0.313. The van der Waals surface area contributed by atoms with Crippen LogP contribution in [0, 0.1) is 0 Å². The van der Waals surface area contributed by atoms with Crippen LogP contribution in [0.1, 0.15) is 15.9 Å². The number of methoxy groups -OCH3 is 1. The molecule has 3 rings (SSSR count). The van der Waals surface area contributed by atoms with Gasteiger partial charge in [-0.2, -0.15) is 0 Å². The third-order valence-corrected chi connectivity index (χ3v) is 3.73. The van der Waals surface area contributed by atoms with Crippen molar-refractivity contribution in [3.8, 4) is 0 Å². The number of carbonyl (C=O) groups is 1. The molecule has 0 unspecified atom stereocenters. The number of rotatable bonds is 5. The van der Waals surface area contributed by atoms with Crippen molar-refractivity contribution in [1.29, 1.82) is 0 Å². The lowest BCUT2D eigenvalue weighted by Crippen LogP contribution is -2.05. The summed E-state index contributed by atoms with van der Waals surface area (Å²) in [6, 6.07) is 13.5. The lowest BCUT2D eigenvalue weighted by atomic mass is 10.1. The van der Waals surface area contributed by atoms with Crippen LogP contribution in [0.2, 0.25) is 0 Å². The Bertz CT molecular complexity index is 824. The third-order valence-electron chi connectivity index (χ3n) is 3.73. The molecule has 0 atom stereocenters. The molecule has 0 bridgehead atoms. The van der Waals surface area contributed by atoms with Gasteiger partial charge in [0.25, 0.3) is 0 Å². The Labute approximate surface area is 134 Å². The number of hydrogen-bond acceptors (Lipinski definition) is 5. The first-order valence-corrected chi connectivity index (χ1v) is 7.38. The Morgan fingerprint density at radius 1 is 1.22 bits per heavy atom. The van der Waals surface area contributed by atoms with Gasteiger partial charge in [-0.3, -0.25) is 0 Å². The topological polar surface area (TPSA) is 69.0 Å². The van der Waals surface area contributed by atoms with Crippen LogP contribution in [0.15, 0.2) is 42.5 Å². The quantitative estimate of drug-likeness (QED) is 0.733. The third kappa shape index (κ3) is 3.31. The van der Waals surface area contributed by atoms with E-state index in [9.17, 15) is 4.79 Å². The number of aromatic nitrogens is 3. The molecule has 0 saturated carbocycles. The van der Waals surface area contributed by atoms with E-state index in [1.165, 1.54) is 7.11 Å². The average molecular weight is 310 g/mol. The zero-order valence-corrected chi connectivity index (χ0v) is 13.1. The molecule has 0 aliphatic carbocycles. The number of nitrogens with zero attached hydrogens (tertiary/aromatic N) is 3. The lowest BCUT2D eigenvalue weighted by Gasteiger charge is -2.07. The average Bonchev–Trinajstić information content (AvgIpc) is 2.95. The predicted molar refractivity (Wildman–Crippen MR) is 88.5 cm³/mol. The summed E-state index contributed by atoms with van der Waals surface area (Å²) >= 11 is 0. The first-order valence-electron chi connectivity index (χ1n) is 7.38. The largest absolute Gasteiger partial charge is 0.465 e. The van der Waals surface area contributed by atoms with Crippen molar-refractivity contribution in [2.75, 3.05) is 19.0 Å². The molecule has 0 amide bonds. The Kier molecular flexibility index (Phi) is 4.23. The summed E-state index contributed by atoms with van der Waals surface area (Å²) < 4.78 is 6.44. The molecule has 0 radical (unpaired) electrons. The molecule has 1 N–H and O–H groups in total. The van der Waals surface area contributed by atoms with Crippen molar-refractivity contribution in [2.24, 2.45) is 7.05 Å². The number of carbonyl (C=O) groups excluding carboxylic acids is 1. The van der Waals surface area contributed by atoms with Crippen molar-refractivity contribution in [1.82, 2.24) is 15.0 Å². The van der Waals surface area contributed by atoms with E-state index in [0.29, 0.717) is 5.56 Å². The van der Waals surface area contributed by atoms with Crippen LogP contribution >= 0.6 is 0 Å². The second-order valence-electron chi connectivity index (χ2n) is 5.28. The highest BCUT2D eigenvalue weighted by Gasteiger charge is 2.05. The normalized spacial score (nSPS) is 10.7. The fourth-order valence-electron chi connectivity index (χ4n) is 2.43. The summed E-state index contributed by atoms with van der Waals surface area (Å²) in [5.74, 6) is -0.313. The standard InChI is InChI=1S/C17H18N4O2/c1-21-16-8-7-14(11-15(16)19-20-21)18-10-9-12-3-5-13(6-4-12)17(22)23-2/h3-8,11,18H,9-10H2,1-2H3. The van der Waals surface area contributed by atoms with Gasteiger partial charge in [-0.05, 0) is 42.3 Å². The fraction of sp³-hybridized carbons (Fsp3) is 0.235. The van der Waals surface area contributed by atoms with Gasteiger partial charge in [-0.25, -0.2) is 9.48 Å². The number of fused-ring (bicyclic) bond motifs is 1. The van der Waals surface area contributed by atoms with Crippen molar-refractivity contribution < 1.29 is 9.53 Å². The summed E-state index contributed by atoms with van der Waals surface area (Å²) in [5.41, 5.74) is 4.63. The van der Waals surface area contributed by atoms with Crippen LogP contribution < -0.4 is 5.32 Å². The van der Waals surface area contributed by atoms with Gasteiger partial charge < -0.3 is 10.1 Å². The molecule has 0 spiro atoms. The zero-order chi connectivity index (χ0) is 16.2. The molecule has 0 aliphatic heterocycles. The number of ether oxygens (including phenoxy) is 1. The maximum atomic E-state index is 11.4. The summed E-state index contributed by atoms with van der Waals surface area (Å²) in [4.78, 5) is 11.4. The molecule has 6 nitrogen and oxygen atoms in total. The molecule has 1 aromatic heterocycles. The molecular formula is C17H18N4O2. The fourth-order valence-corrected chi connectivity index (χ4v) is 2.43. The van der Waals surface area contributed by atoms with Crippen molar-refractivity contribution in [2.45, 2.75) is 6.42 Å². The first-order chi connectivity index (χ1) is 11.2. The van der Waals surface area contributed by atoms with Gasteiger partial charge in [0, 0.05) is 19.3 Å². The summed E-state index contributed by atoms with van der Waals surface area (Å²) in [6.07, 6.45) is 0.861. The van der Waals surface area contributed by atoms with Gasteiger partial charge in [0.15, 0.2) is 0 Å². The lowest BCUT2D eigenvalue weighted by molar-refractivity contribution is 0.0600. The van der Waals surface area contributed by atoms with E-state index in [1.807, 2.05) is 37.4 Å². The highest BCUT2D eigenvalue weighted by Crippen LogP contribution is 2.16. The number of benzene rings is 2. The molecule has 2 aromatic carbocycles. The van der Waals surface area contributed by atoms with E-state index in [0.717, 1.165) is 35.2 Å². The van der Waals surface area contributed by atoms with Crippen molar-refractivity contribution in [3.05, 3.63) is 53.6 Å². The van der Waals surface area contributed by atoms with Crippen LogP contribution in [0.5, 0.6) is 0 Å². The van der Waals surface area contributed by atoms with E-state index in [-0.39, 0.29) is 5.97 Å². The Morgan fingerprint density at radius 3 is 2.74 bits per heavy atom. The predicted octanol–water partition coefficient (Wildman–Crippen LogP) is 2.41. The summed E-state index contributed by atoms with van der Waals surface area (Å²) in [6.45, 7) is 0.795. The smallest absolute Gasteiger partial charge is 0.337 e. The molecule has 0 aliphatic rings. The number of nitrogens with one attached hydrogen (secondary N) is 1. The van der Waals surface area contributed by atoms with Crippen LogP contribution in [-0.2, 0) is 18.2 Å². The van der Waals surface area contributed by atoms with Crippen LogP contribution in [0.4, 0.5) is 5.69 Å². The van der Waals surface area contributed by atoms with E-state index >= 15 is 0 Å². The molecule has 23 heavy (non-hydrogen) atoms. The summed E-state index contributed by atoms with van der Waals surface area (Å²) in [7, 11) is 3.26. The van der Waals surface area contributed by atoms with E-state index in [4.69, 9.17) is 0 Å². The molecule has 0 saturated heterocycles. The second-order valence-corrected chi connectivity index (χ2v) is 5.28. The van der Waals surface area contributed by atoms with Gasteiger partial charge >= 0.3 is 5.97 Å². The second kappa shape index (κ2) is 6.48. The van der Waals surface area contributed by atoms with Gasteiger partial charge in [-0.15, -0.1) is 5.10 Å². The molecule has 1 heterocycles. The zero-order valence-electron chi connectivity index (χ0n) is 13.1. The van der Waals surface area contributed by atoms with Crippen LogP contribution in [-0.4, -0.2) is 34.6 Å². The van der Waals surface area contributed by atoms with Crippen molar-refractivity contribution >= 4 is 22.7 Å². The highest BCUT2D eigenvalue weighted by atomic mass is 16.5. The highest BCUT2D eigenvalue weighted by molar-refractivity contribution is 5.89. The summed E-state index contributed by atoms with van der Waals surface area (Å²) in [5, 5.41) is 11.5. The van der Waals surface area contributed by atoms with E-state index in [1.54, 1.807) is 16.8 Å². The molecule has 0 fully saturated rings. The Morgan fingerprint density at radius 2 is 2.00 bits per heavy atom. The first kappa shape index (κ1) is 15.0.